The van der Waals surface area contributed by atoms with Crippen LogP contribution in [0.2, 0.25) is 0 Å². The van der Waals surface area contributed by atoms with Crippen LogP contribution in [0.3, 0.4) is 0 Å². The summed E-state index contributed by atoms with van der Waals surface area (Å²) in [5.74, 6) is 2.10. The first-order chi connectivity index (χ1) is 12.6. The quantitative estimate of drug-likeness (QED) is 0.826. The van der Waals surface area contributed by atoms with E-state index in [2.05, 4.69) is 17.3 Å². The number of nitrogens with one attached hydrogen (secondary N) is 1. The van der Waals surface area contributed by atoms with E-state index in [1.165, 1.54) is 18.1 Å². The molecular weight excluding hydrogens is 332 g/mol. The Morgan fingerprint density at radius 1 is 1.31 bits per heavy atom. The predicted octanol–water partition coefficient (Wildman–Crippen LogP) is 2.78. The first kappa shape index (κ1) is 18.3. The van der Waals surface area contributed by atoms with Gasteiger partial charge in [-0.1, -0.05) is 12.1 Å². The van der Waals surface area contributed by atoms with Gasteiger partial charge in [0, 0.05) is 32.0 Å². The van der Waals surface area contributed by atoms with Crippen LogP contribution in [0.5, 0.6) is 5.75 Å². The molecule has 0 radical (unpaired) electrons. The first-order valence-electron chi connectivity index (χ1n) is 9.22. The number of piperidine rings is 1. The van der Waals surface area contributed by atoms with Gasteiger partial charge < -0.3 is 14.2 Å². The Hall–Kier alpha value is -2.50. The zero-order valence-corrected chi connectivity index (χ0v) is 15.2. The summed E-state index contributed by atoms with van der Waals surface area (Å²) >= 11 is 0. The maximum Gasteiger partial charge on any atom is 0.280 e. The molecule has 1 aromatic carbocycles. The van der Waals surface area contributed by atoms with Crippen LogP contribution in [0.25, 0.3) is 0 Å². The number of nitrogens with zero attached hydrogens (tertiary/aromatic N) is 1. The van der Waals surface area contributed by atoms with Gasteiger partial charge in [0.1, 0.15) is 11.5 Å². The molecular formula is C20H26N2O4. The second kappa shape index (κ2) is 8.74. The van der Waals surface area contributed by atoms with Gasteiger partial charge >= 0.3 is 0 Å². The van der Waals surface area contributed by atoms with Gasteiger partial charge in [0.05, 0.1) is 7.11 Å². The third kappa shape index (κ3) is 5.00. The fourth-order valence-electron chi connectivity index (χ4n) is 3.52. The number of aromatic amines is 1. The van der Waals surface area contributed by atoms with Gasteiger partial charge in [-0.3, -0.25) is 9.59 Å². The number of methoxy groups -OCH3 is 1. The number of aromatic nitrogens is 1. The average Bonchev–Trinajstić information content (AvgIpc) is 3.10. The fourth-order valence-corrected chi connectivity index (χ4v) is 3.52. The molecule has 1 amide bonds. The number of aryl methyl sites for hydroxylation is 2. The van der Waals surface area contributed by atoms with Crippen molar-refractivity contribution in [1.29, 1.82) is 0 Å². The summed E-state index contributed by atoms with van der Waals surface area (Å²) in [7, 11) is 1.67. The highest BCUT2D eigenvalue weighted by Gasteiger charge is 2.23. The number of likely N-dealkylation sites (tertiary alicyclic amines) is 1. The van der Waals surface area contributed by atoms with Gasteiger partial charge in [-0.25, -0.2) is 0 Å². The number of benzene rings is 1. The van der Waals surface area contributed by atoms with Crippen LogP contribution in [0.4, 0.5) is 0 Å². The van der Waals surface area contributed by atoms with E-state index < -0.39 is 0 Å². The van der Waals surface area contributed by atoms with Crippen LogP contribution >= 0.6 is 0 Å². The molecule has 0 spiro atoms. The highest BCUT2D eigenvalue weighted by molar-refractivity contribution is 5.76. The molecule has 26 heavy (non-hydrogen) atoms. The number of hydrogen-bond donors (Lipinski definition) is 1. The number of H-pyrrole nitrogens is 1. The van der Waals surface area contributed by atoms with Gasteiger partial charge in [0.2, 0.25) is 5.91 Å². The Kier molecular flexibility index (Phi) is 6.15. The number of amides is 1. The standard InChI is InChI=1S/C20H26N2O4/c1-25-17-8-6-15(7-9-17)4-5-16-3-2-12-22(14-16)20(24)11-10-18-13-19(23)21-26-18/h6-9,13,16H,2-5,10-12,14H2,1H3,(H,21,23)/t16-/m0/s1. The lowest BCUT2D eigenvalue weighted by molar-refractivity contribution is -0.133. The summed E-state index contributed by atoms with van der Waals surface area (Å²) < 4.78 is 10.2. The number of rotatable bonds is 7. The molecule has 1 aliphatic rings. The van der Waals surface area contributed by atoms with Crippen LogP contribution in [-0.4, -0.2) is 36.2 Å². The number of ether oxygens (including phenoxy) is 1. The van der Waals surface area contributed by atoms with Gasteiger partial charge in [-0.05, 0) is 49.3 Å². The zero-order valence-electron chi connectivity index (χ0n) is 15.2. The van der Waals surface area contributed by atoms with Gasteiger partial charge in [0.15, 0.2) is 0 Å². The minimum atomic E-state index is -0.260. The lowest BCUT2D eigenvalue weighted by Crippen LogP contribution is -2.40. The molecule has 0 unspecified atom stereocenters. The Labute approximate surface area is 153 Å². The Bertz CT molecular complexity index is 763. The molecule has 0 aliphatic carbocycles. The van der Waals surface area contributed by atoms with Crippen molar-refractivity contribution in [3.63, 3.8) is 0 Å². The maximum atomic E-state index is 12.5. The minimum absolute atomic E-state index is 0.142. The van der Waals surface area contributed by atoms with Gasteiger partial charge in [-0.15, -0.1) is 0 Å². The summed E-state index contributed by atoms with van der Waals surface area (Å²) in [4.78, 5) is 25.5. The van der Waals surface area contributed by atoms with Crippen molar-refractivity contribution in [3.8, 4) is 5.75 Å². The van der Waals surface area contributed by atoms with E-state index in [1.54, 1.807) is 7.11 Å². The van der Waals surface area contributed by atoms with E-state index in [-0.39, 0.29) is 11.5 Å². The van der Waals surface area contributed by atoms with Crippen LogP contribution < -0.4 is 10.3 Å². The summed E-state index contributed by atoms with van der Waals surface area (Å²) in [5.41, 5.74) is 1.04. The number of hydrogen-bond acceptors (Lipinski definition) is 4. The molecule has 1 saturated heterocycles. The minimum Gasteiger partial charge on any atom is -0.497 e. The lowest BCUT2D eigenvalue weighted by Gasteiger charge is -2.33. The van der Waals surface area contributed by atoms with E-state index in [1.807, 2.05) is 17.0 Å². The Morgan fingerprint density at radius 2 is 2.12 bits per heavy atom. The van der Waals surface area contributed by atoms with Gasteiger partial charge in [-0.2, -0.15) is 5.16 Å². The van der Waals surface area contributed by atoms with Crippen molar-refractivity contribution in [1.82, 2.24) is 10.1 Å². The number of carbonyl (C=O) groups is 1. The van der Waals surface area contributed by atoms with Crippen LogP contribution in [0, 0.1) is 5.92 Å². The summed E-state index contributed by atoms with van der Waals surface area (Å²) in [6.07, 6.45) is 5.18. The SMILES string of the molecule is COc1ccc(CC[C@@H]2CCCN(C(=O)CCc3cc(=O)[nH]o3)C2)cc1. The van der Waals surface area contributed by atoms with Crippen molar-refractivity contribution in [2.24, 2.45) is 5.92 Å². The predicted molar refractivity (Wildman–Crippen MR) is 98.3 cm³/mol. The van der Waals surface area contributed by atoms with Crippen molar-refractivity contribution in [3.05, 3.63) is 52.0 Å². The van der Waals surface area contributed by atoms with E-state index in [0.717, 1.165) is 38.1 Å². The monoisotopic (exact) mass is 358 g/mol. The summed E-state index contributed by atoms with van der Waals surface area (Å²) in [5, 5.41) is 2.26. The Balaban J connectivity index is 1.45. The Morgan fingerprint density at radius 3 is 2.81 bits per heavy atom. The molecule has 1 aliphatic heterocycles. The second-order valence-corrected chi connectivity index (χ2v) is 6.91. The van der Waals surface area contributed by atoms with Crippen LogP contribution in [0.15, 0.2) is 39.6 Å². The molecule has 6 nitrogen and oxygen atoms in total. The molecule has 0 bridgehead atoms. The fraction of sp³-hybridized carbons (Fsp3) is 0.500. The molecule has 2 aromatic rings. The summed E-state index contributed by atoms with van der Waals surface area (Å²) in [6.45, 7) is 1.65. The molecule has 2 heterocycles. The first-order valence-corrected chi connectivity index (χ1v) is 9.22. The van der Waals surface area contributed by atoms with E-state index in [0.29, 0.717) is 24.5 Å². The van der Waals surface area contributed by atoms with Crippen molar-refractivity contribution < 1.29 is 14.1 Å². The topological polar surface area (TPSA) is 75.5 Å². The highest BCUT2D eigenvalue weighted by Crippen LogP contribution is 2.23. The van der Waals surface area contributed by atoms with E-state index >= 15 is 0 Å². The highest BCUT2D eigenvalue weighted by atomic mass is 16.5. The van der Waals surface area contributed by atoms with Crippen LogP contribution in [0.1, 0.15) is 37.0 Å². The van der Waals surface area contributed by atoms with Crippen molar-refractivity contribution in [2.75, 3.05) is 20.2 Å². The van der Waals surface area contributed by atoms with Gasteiger partial charge in [0.25, 0.3) is 5.56 Å². The largest absolute Gasteiger partial charge is 0.497 e. The lowest BCUT2D eigenvalue weighted by atomic mass is 9.91. The van der Waals surface area contributed by atoms with Crippen molar-refractivity contribution in [2.45, 2.75) is 38.5 Å². The zero-order chi connectivity index (χ0) is 18.4. The third-order valence-corrected chi connectivity index (χ3v) is 5.03. The normalized spacial score (nSPS) is 17.3. The molecule has 1 N–H and O–H groups in total. The second-order valence-electron chi connectivity index (χ2n) is 6.91. The molecule has 1 aromatic heterocycles. The summed E-state index contributed by atoms with van der Waals surface area (Å²) in [6, 6.07) is 9.60. The molecule has 0 saturated carbocycles. The maximum absolute atomic E-state index is 12.5. The molecule has 1 fully saturated rings. The number of carbonyl (C=O) groups excluding carboxylic acids is 1. The molecule has 3 rings (SSSR count). The average molecular weight is 358 g/mol. The molecule has 140 valence electrons. The van der Waals surface area contributed by atoms with E-state index in [4.69, 9.17) is 9.26 Å². The van der Waals surface area contributed by atoms with Crippen LogP contribution in [-0.2, 0) is 17.6 Å². The molecule has 6 heteroatoms. The third-order valence-electron chi connectivity index (χ3n) is 5.03. The smallest absolute Gasteiger partial charge is 0.280 e. The molecule has 1 atom stereocenters. The van der Waals surface area contributed by atoms with E-state index in [9.17, 15) is 9.59 Å². The van der Waals surface area contributed by atoms with Crippen molar-refractivity contribution >= 4 is 5.91 Å².